The van der Waals surface area contributed by atoms with Crippen molar-refractivity contribution >= 4 is 11.5 Å². The average molecular weight is 403 g/mol. The number of nitrogens with zero attached hydrogens (tertiary/aromatic N) is 1. The number of carbonyl (C=O) groups excluding carboxylic acids is 1. The molecule has 154 valence electrons. The minimum atomic E-state index is 0.00412. The molecule has 1 aliphatic heterocycles. The number of rotatable bonds is 7. The van der Waals surface area contributed by atoms with Crippen molar-refractivity contribution in [1.82, 2.24) is 0 Å². The van der Waals surface area contributed by atoms with Gasteiger partial charge in [0.15, 0.2) is 17.3 Å². The molecule has 0 fully saturated rings. The van der Waals surface area contributed by atoms with Gasteiger partial charge in [-0.3, -0.25) is 4.79 Å². The summed E-state index contributed by atoms with van der Waals surface area (Å²) in [4.78, 5) is 15.0. The number of ether oxygens (including phenoxy) is 3. The Morgan fingerprint density at radius 1 is 0.933 bits per heavy atom. The third-order valence-corrected chi connectivity index (χ3v) is 5.34. The molecule has 5 heteroatoms. The molecule has 0 bridgehead atoms. The predicted octanol–water partition coefficient (Wildman–Crippen LogP) is 4.38. The molecule has 5 nitrogen and oxygen atoms in total. The van der Waals surface area contributed by atoms with E-state index >= 15 is 0 Å². The van der Waals surface area contributed by atoms with Crippen molar-refractivity contribution in [2.75, 3.05) is 38.8 Å². The maximum Gasteiger partial charge on any atom is 0.193 e. The predicted molar refractivity (Wildman–Crippen MR) is 117 cm³/mol. The number of anilines is 1. The number of fused-ring (bicyclic) bond motifs is 1. The number of hydrogen-bond donors (Lipinski definition) is 0. The van der Waals surface area contributed by atoms with Crippen LogP contribution in [0.25, 0.3) is 0 Å². The second kappa shape index (κ2) is 8.91. The summed E-state index contributed by atoms with van der Waals surface area (Å²) < 4.78 is 16.6. The van der Waals surface area contributed by atoms with Crippen LogP contribution in [0.5, 0.6) is 17.2 Å². The van der Waals surface area contributed by atoms with Crippen LogP contribution in [0.1, 0.15) is 21.5 Å². The van der Waals surface area contributed by atoms with Crippen LogP contribution in [0.15, 0.2) is 66.7 Å². The highest BCUT2D eigenvalue weighted by Gasteiger charge is 2.20. The van der Waals surface area contributed by atoms with Crippen LogP contribution < -0.4 is 19.1 Å². The molecular formula is C25H25NO4. The summed E-state index contributed by atoms with van der Waals surface area (Å²) >= 11 is 0. The van der Waals surface area contributed by atoms with Gasteiger partial charge in [-0.2, -0.15) is 0 Å². The van der Waals surface area contributed by atoms with E-state index in [0.29, 0.717) is 17.7 Å². The number of methoxy groups -OCH3 is 2. The molecule has 1 heterocycles. The highest BCUT2D eigenvalue weighted by molar-refractivity contribution is 6.09. The van der Waals surface area contributed by atoms with Crippen molar-refractivity contribution in [1.29, 1.82) is 0 Å². The Bertz CT molecular complexity index is 1030. The van der Waals surface area contributed by atoms with E-state index in [0.717, 1.165) is 42.4 Å². The van der Waals surface area contributed by atoms with Crippen molar-refractivity contribution in [3.63, 3.8) is 0 Å². The molecule has 0 radical (unpaired) electrons. The molecule has 4 rings (SSSR count). The number of hydrogen-bond acceptors (Lipinski definition) is 5. The van der Waals surface area contributed by atoms with Crippen LogP contribution in [0, 0.1) is 0 Å². The SMILES string of the molecule is COc1ccc(CCN2CCOc3cc(C(=O)c4ccccc4)ccc32)cc1OC. The third kappa shape index (κ3) is 4.10. The summed E-state index contributed by atoms with van der Waals surface area (Å²) in [5.41, 5.74) is 3.52. The van der Waals surface area contributed by atoms with Crippen LogP contribution in [0.3, 0.4) is 0 Å². The van der Waals surface area contributed by atoms with Crippen LogP contribution in [-0.2, 0) is 6.42 Å². The van der Waals surface area contributed by atoms with E-state index in [4.69, 9.17) is 14.2 Å². The lowest BCUT2D eigenvalue weighted by molar-refractivity contribution is 0.103. The Balaban J connectivity index is 1.50. The maximum absolute atomic E-state index is 12.7. The molecule has 0 aliphatic carbocycles. The van der Waals surface area contributed by atoms with Gasteiger partial charge >= 0.3 is 0 Å². The zero-order valence-electron chi connectivity index (χ0n) is 17.3. The first-order valence-electron chi connectivity index (χ1n) is 10.0. The quantitative estimate of drug-likeness (QED) is 0.548. The molecule has 0 saturated carbocycles. The topological polar surface area (TPSA) is 48.0 Å². The first kappa shape index (κ1) is 19.8. The normalized spacial score (nSPS) is 12.7. The van der Waals surface area contributed by atoms with Crippen molar-refractivity contribution < 1.29 is 19.0 Å². The van der Waals surface area contributed by atoms with E-state index in [9.17, 15) is 4.79 Å². The summed E-state index contributed by atoms with van der Waals surface area (Å²) in [6, 6.07) is 21.0. The third-order valence-electron chi connectivity index (χ3n) is 5.34. The minimum Gasteiger partial charge on any atom is -0.493 e. The smallest absolute Gasteiger partial charge is 0.193 e. The van der Waals surface area contributed by atoms with Crippen LogP contribution in [0.4, 0.5) is 5.69 Å². The van der Waals surface area contributed by atoms with E-state index < -0.39 is 0 Å². The maximum atomic E-state index is 12.7. The molecule has 3 aromatic carbocycles. The highest BCUT2D eigenvalue weighted by Crippen LogP contribution is 2.34. The molecule has 0 N–H and O–H groups in total. The van der Waals surface area contributed by atoms with E-state index in [1.165, 1.54) is 5.56 Å². The Kier molecular flexibility index (Phi) is 5.89. The Labute approximate surface area is 176 Å². The standard InChI is InChI=1S/C25H25NO4/c1-28-22-11-8-18(16-24(22)29-2)12-13-26-14-15-30-23-17-20(9-10-21(23)26)25(27)19-6-4-3-5-7-19/h3-11,16-17H,12-15H2,1-2H3. The van der Waals surface area contributed by atoms with Gasteiger partial charge in [0.2, 0.25) is 0 Å². The van der Waals surface area contributed by atoms with E-state index in [1.54, 1.807) is 14.2 Å². The molecule has 0 unspecified atom stereocenters. The van der Waals surface area contributed by atoms with Crippen LogP contribution in [0.2, 0.25) is 0 Å². The number of benzene rings is 3. The lowest BCUT2D eigenvalue weighted by atomic mass is 10.0. The Morgan fingerprint density at radius 3 is 2.50 bits per heavy atom. The molecule has 0 saturated heterocycles. The minimum absolute atomic E-state index is 0.00412. The first-order chi connectivity index (χ1) is 14.7. The summed E-state index contributed by atoms with van der Waals surface area (Å²) in [6.07, 6.45) is 0.866. The van der Waals surface area contributed by atoms with Gasteiger partial charge in [-0.1, -0.05) is 36.4 Å². The van der Waals surface area contributed by atoms with Gasteiger partial charge in [-0.05, 0) is 42.3 Å². The Morgan fingerprint density at radius 2 is 1.73 bits per heavy atom. The Hall–Kier alpha value is -3.47. The fraction of sp³-hybridized carbons (Fsp3) is 0.240. The number of carbonyl (C=O) groups is 1. The lowest BCUT2D eigenvalue weighted by Crippen LogP contribution is -2.34. The highest BCUT2D eigenvalue weighted by atomic mass is 16.5. The van der Waals surface area contributed by atoms with Gasteiger partial charge in [0.05, 0.1) is 26.5 Å². The van der Waals surface area contributed by atoms with Gasteiger partial charge in [0.1, 0.15) is 12.4 Å². The summed E-state index contributed by atoms with van der Waals surface area (Å²) in [6.45, 7) is 2.26. The summed E-state index contributed by atoms with van der Waals surface area (Å²) in [5.74, 6) is 2.23. The first-order valence-corrected chi connectivity index (χ1v) is 10.0. The van der Waals surface area contributed by atoms with Crippen molar-refractivity contribution in [3.05, 3.63) is 83.4 Å². The zero-order valence-corrected chi connectivity index (χ0v) is 17.3. The summed E-state index contributed by atoms with van der Waals surface area (Å²) in [5, 5.41) is 0. The fourth-order valence-electron chi connectivity index (χ4n) is 3.71. The largest absolute Gasteiger partial charge is 0.493 e. The second-order valence-electron chi connectivity index (χ2n) is 7.15. The fourth-order valence-corrected chi connectivity index (χ4v) is 3.71. The monoisotopic (exact) mass is 403 g/mol. The molecule has 0 atom stereocenters. The zero-order chi connectivity index (χ0) is 20.9. The molecule has 0 spiro atoms. The number of ketones is 1. The van der Waals surface area contributed by atoms with E-state index in [2.05, 4.69) is 11.0 Å². The molecular weight excluding hydrogens is 378 g/mol. The molecule has 30 heavy (non-hydrogen) atoms. The molecule has 0 aromatic heterocycles. The van der Waals surface area contributed by atoms with Crippen LogP contribution >= 0.6 is 0 Å². The second-order valence-corrected chi connectivity index (χ2v) is 7.15. The molecule has 0 amide bonds. The molecule has 1 aliphatic rings. The van der Waals surface area contributed by atoms with Gasteiger partial charge in [0.25, 0.3) is 0 Å². The molecule has 3 aromatic rings. The van der Waals surface area contributed by atoms with Gasteiger partial charge in [0, 0.05) is 17.7 Å². The van der Waals surface area contributed by atoms with Crippen molar-refractivity contribution in [2.24, 2.45) is 0 Å². The van der Waals surface area contributed by atoms with E-state index in [1.807, 2.05) is 60.7 Å². The van der Waals surface area contributed by atoms with Crippen molar-refractivity contribution in [3.8, 4) is 17.2 Å². The average Bonchev–Trinajstić information content (AvgIpc) is 2.82. The lowest BCUT2D eigenvalue weighted by Gasteiger charge is -2.31. The van der Waals surface area contributed by atoms with Gasteiger partial charge in [-0.25, -0.2) is 0 Å². The van der Waals surface area contributed by atoms with Gasteiger partial charge < -0.3 is 19.1 Å². The van der Waals surface area contributed by atoms with Crippen molar-refractivity contribution in [2.45, 2.75) is 6.42 Å². The van der Waals surface area contributed by atoms with Crippen LogP contribution in [-0.4, -0.2) is 39.7 Å². The van der Waals surface area contributed by atoms with E-state index in [-0.39, 0.29) is 5.78 Å². The summed E-state index contributed by atoms with van der Waals surface area (Å²) in [7, 11) is 3.28. The van der Waals surface area contributed by atoms with Gasteiger partial charge in [-0.15, -0.1) is 0 Å².